The topological polar surface area (TPSA) is 45.7 Å². The second kappa shape index (κ2) is 9.92. The summed E-state index contributed by atoms with van der Waals surface area (Å²) < 4.78 is 6.65. The van der Waals surface area contributed by atoms with Gasteiger partial charge in [-0.1, -0.05) is 23.5 Å². The second-order valence-corrected chi connectivity index (χ2v) is 10.4. The van der Waals surface area contributed by atoms with E-state index in [1.165, 1.54) is 39.8 Å². The lowest BCUT2D eigenvalue weighted by atomic mass is 9.90. The van der Waals surface area contributed by atoms with Crippen molar-refractivity contribution >= 4 is 32.6 Å². The number of amides is 1. The average molecular weight is 464 g/mol. The predicted octanol–water partition coefficient (Wildman–Crippen LogP) is 5.16. The molecule has 0 N–H and O–H groups in total. The molecule has 2 aliphatic rings. The lowest BCUT2D eigenvalue weighted by Crippen LogP contribution is -2.39. The van der Waals surface area contributed by atoms with Gasteiger partial charge in [0.05, 0.1) is 23.4 Å². The van der Waals surface area contributed by atoms with Crippen molar-refractivity contribution in [3.05, 3.63) is 58.1 Å². The van der Waals surface area contributed by atoms with Gasteiger partial charge < -0.3 is 4.74 Å². The molecule has 174 valence electrons. The van der Waals surface area contributed by atoms with Gasteiger partial charge in [-0.05, 0) is 86.4 Å². The van der Waals surface area contributed by atoms with Crippen LogP contribution in [-0.2, 0) is 17.6 Å². The Morgan fingerprint density at radius 2 is 1.88 bits per heavy atom. The number of benzene rings is 2. The summed E-state index contributed by atoms with van der Waals surface area (Å²) in [7, 11) is 0. The minimum atomic E-state index is 0.0683. The molecule has 0 atom stereocenters. The highest BCUT2D eigenvalue weighted by atomic mass is 32.1. The van der Waals surface area contributed by atoms with E-state index in [0.717, 1.165) is 68.3 Å². The molecule has 0 bridgehead atoms. The van der Waals surface area contributed by atoms with Crippen LogP contribution in [0.2, 0.25) is 0 Å². The Morgan fingerprint density at radius 1 is 1.09 bits per heavy atom. The van der Waals surface area contributed by atoms with E-state index in [4.69, 9.17) is 9.72 Å². The van der Waals surface area contributed by atoms with Crippen LogP contribution in [0, 0.1) is 13.8 Å². The number of hydrogen-bond acceptors (Lipinski definition) is 5. The SMILES string of the molecule is Cc1cc(C)c2sc(N(CCCN3CCOCC3)C(=O)c3ccc4c(c3)CCCC4)nc2c1. The van der Waals surface area contributed by atoms with E-state index in [-0.39, 0.29) is 5.91 Å². The van der Waals surface area contributed by atoms with Crippen LogP contribution in [0.4, 0.5) is 5.13 Å². The molecule has 5 nitrogen and oxygen atoms in total. The van der Waals surface area contributed by atoms with Gasteiger partial charge in [-0.25, -0.2) is 4.98 Å². The summed E-state index contributed by atoms with van der Waals surface area (Å²) in [6, 6.07) is 10.6. The van der Waals surface area contributed by atoms with Gasteiger partial charge in [0.25, 0.3) is 5.91 Å². The zero-order valence-electron chi connectivity index (χ0n) is 19.7. The monoisotopic (exact) mass is 463 g/mol. The van der Waals surface area contributed by atoms with Gasteiger partial charge >= 0.3 is 0 Å². The first-order valence-electron chi connectivity index (χ1n) is 12.2. The lowest BCUT2D eigenvalue weighted by molar-refractivity contribution is 0.0376. The molecule has 2 heterocycles. The Balaban J connectivity index is 1.43. The number of morpholine rings is 1. The third kappa shape index (κ3) is 4.98. The van der Waals surface area contributed by atoms with Crippen molar-refractivity contribution in [3.8, 4) is 0 Å². The molecule has 0 unspecified atom stereocenters. The molecular formula is C27H33N3O2S. The van der Waals surface area contributed by atoms with Gasteiger partial charge in [0.15, 0.2) is 5.13 Å². The van der Waals surface area contributed by atoms with Crippen molar-refractivity contribution in [2.45, 2.75) is 46.0 Å². The summed E-state index contributed by atoms with van der Waals surface area (Å²) in [5.74, 6) is 0.0683. The smallest absolute Gasteiger partial charge is 0.260 e. The number of rotatable bonds is 6. The van der Waals surface area contributed by atoms with Crippen LogP contribution >= 0.6 is 11.3 Å². The fourth-order valence-electron chi connectivity index (χ4n) is 5.06. The number of carbonyl (C=O) groups is 1. The van der Waals surface area contributed by atoms with E-state index in [2.05, 4.69) is 43.0 Å². The van der Waals surface area contributed by atoms with Crippen molar-refractivity contribution in [2.24, 2.45) is 0 Å². The molecular weight excluding hydrogens is 430 g/mol. The Morgan fingerprint density at radius 3 is 2.70 bits per heavy atom. The highest BCUT2D eigenvalue weighted by Gasteiger charge is 2.23. The molecule has 1 aromatic heterocycles. The molecule has 0 spiro atoms. The zero-order valence-corrected chi connectivity index (χ0v) is 20.5. The van der Waals surface area contributed by atoms with Crippen molar-refractivity contribution < 1.29 is 9.53 Å². The number of nitrogens with zero attached hydrogens (tertiary/aromatic N) is 3. The number of fused-ring (bicyclic) bond motifs is 2. The fraction of sp³-hybridized carbons (Fsp3) is 0.481. The van der Waals surface area contributed by atoms with Gasteiger partial charge in [-0.2, -0.15) is 0 Å². The van der Waals surface area contributed by atoms with Crippen LogP contribution in [-0.4, -0.2) is 55.2 Å². The molecule has 1 amide bonds. The summed E-state index contributed by atoms with van der Waals surface area (Å²) in [6.45, 7) is 9.42. The summed E-state index contributed by atoms with van der Waals surface area (Å²) in [6.07, 6.45) is 5.59. The molecule has 0 saturated carbocycles. The average Bonchev–Trinajstić information content (AvgIpc) is 3.26. The normalized spacial score (nSPS) is 16.7. The quantitative estimate of drug-likeness (QED) is 0.507. The number of carbonyl (C=O) groups excluding carboxylic acids is 1. The van der Waals surface area contributed by atoms with Crippen LogP contribution in [0.15, 0.2) is 30.3 Å². The first kappa shape index (κ1) is 22.5. The van der Waals surface area contributed by atoms with Gasteiger partial charge in [-0.3, -0.25) is 14.6 Å². The van der Waals surface area contributed by atoms with Crippen LogP contribution in [0.5, 0.6) is 0 Å². The van der Waals surface area contributed by atoms with Gasteiger partial charge in [0.1, 0.15) is 0 Å². The molecule has 3 aromatic rings. The van der Waals surface area contributed by atoms with E-state index < -0.39 is 0 Å². The highest BCUT2D eigenvalue weighted by Crippen LogP contribution is 2.33. The maximum absolute atomic E-state index is 13.8. The Bertz CT molecular complexity index is 1150. The molecule has 5 rings (SSSR count). The number of ether oxygens (including phenoxy) is 1. The Hall–Kier alpha value is -2.28. The third-order valence-corrected chi connectivity index (χ3v) is 8.07. The van der Waals surface area contributed by atoms with E-state index >= 15 is 0 Å². The summed E-state index contributed by atoms with van der Waals surface area (Å²) in [5, 5.41) is 0.809. The number of thiazole rings is 1. The van der Waals surface area contributed by atoms with Crippen molar-refractivity contribution in [3.63, 3.8) is 0 Å². The maximum atomic E-state index is 13.8. The van der Waals surface area contributed by atoms with Crippen LogP contribution < -0.4 is 4.90 Å². The van der Waals surface area contributed by atoms with Gasteiger partial charge in [0.2, 0.25) is 0 Å². The molecule has 6 heteroatoms. The predicted molar refractivity (Wildman–Crippen MR) is 136 cm³/mol. The Labute approximate surface area is 200 Å². The molecule has 1 fully saturated rings. The van der Waals surface area contributed by atoms with Crippen LogP contribution in [0.1, 0.15) is 51.9 Å². The minimum absolute atomic E-state index is 0.0683. The fourth-order valence-corrected chi connectivity index (χ4v) is 6.10. The number of hydrogen-bond donors (Lipinski definition) is 0. The van der Waals surface area contributed by atoms with E-state index in [1.54, 1.807) is 11.3 Å². The first-order valence-corrected chi connectivity index (χ1v) is 13.0. The van der Waals surface area contributed by atoms with E-state index in [0.29, 0.717) is 6.54 Å². The van der Waals surface area contributed by atoms with Gasteiger partial charge in [-0.15, -0.1) is 0 Å². The van der Waals surface area contributed by atoms with Crippen LogP contribution in [0.3, 0.4) is 0 Å². The molecule has 1 aliphatic carbocycles. The van der Waals surface area contributed by atoms with Crippen LogP contribution in [0.25, 0.3) is 10.2 Å². The molecule has 1 aliphatic heterocycles. The standard InChI is InChI=1S/C27H33N3O2S/c1-19-16-20(2)25-24(17-19)28-27(33-25)30(11-5-10-29-12-14-32-15-13-29)26(31)23-9-8-21-6-3-4-7-22(21)18-23/h8-9,16-18H,3-7,10-15H2,1-2H3. The lowest BCUT2D eigenvalue weighted by Gasteiger charge is -2.28. The summed E-state index contributed by atoms with van der Waals surface area (Å²) >= 11 is 1.64. The van der Waals surface area contributed by atoms with E-state index in [1.807, 2.05) is 11.0 Å². The zero-order chi connectivity index (χ0) is 22.8. The molecule has 1 saturated heterocycles. The molecule has 0 radical (unpaired) electrons. The number of aryl methyl sites for hydroxylation is 4. The largest absolute Gasteiger partial charge is 0.379 e. The number of aromatic nitrogens is 1. The Kier molecular flexibility index (Phi) is 6.76. The first-order chi connectivity index (χ1) is 16.1. The third-order valence-electron chi connectivity index (χ3n) is 6.84. The minimum Gasteiger partial charge on any atom is -0.379 e. The van der Waals surface area contributed by atoms with Crippen molar-refractivity contribution in [2.75, 3.05) is 44.3 Å². The maximum Gasteiger partial charge on any atom is 0.260 e. The highest BCUT2D eigenvalue weighted by molar-refractivity contribution is 7.22. The molecule has 2 aromatic carbocycles. The van der Waals surface area contributed by atoms with Crippen molar-refractivity contribution in [1.29, 1.82) is 0 Å². The summed E-state index contributed by atoms with van der Waals surface area (Å²) in [5.41, 5.74) is 6.96. The second-order valence-electron chi connectivity index (χ2n) is 9.38. The van der Waals surface area contributed by atoms with Crippen molar-refractivity contribution in [1.82, 2.24) is 9.88 Å². The molecule has 33 heavy (non-hydrogen) atoms. The number of anilines is 1. The van der Waals surface area contributed by atoms with Gasteiger partial charge in [0, 0.05) is 31.7 Å². The summed E-state index contributed by atoms with van der Waals surface area (Å²) in [4.78, 5) is 23.1. The van der Waals surface area contributed by atoms with E-state index in [9.17, 15) is 4.79 Å².